The lowest BCUT2D eigenvalue weighted by molar-refractivity contribution is -0.485. The van der Waals surface area contributed by atoms with Crippen LogP contribution in [0.4, 0.5) is 11.4 Å². The van der Waals surface area contributed by atoms with E-state index in [0.717, 1.165) is 179 Å². The molecule has 0 bridgehead atoms. The van der Waals surface area contributed by atoms with Crippen molar-refractivity contribution in [1.82, 2.24) is 40.7 Å². The number of ether oxygens (including phenoxy) is 1. The number of aliphatic imine (C=N–C) groups is 2. The number of guanidine groups is 2. The van der Waals surface area contributed by atoms with Gasteiger partial charge in [-0.05, 0) is 184 Å². The molecule has 0 radical (unpaired) electrons. The molecule has 0 atom stereocenters. The lowest BCUT2D eigenvalue weighted by Crippen LogP contribution is -2.40. The Labute approximate surface area is 862 Å². The van der Waals surface area contributed by atoms with Crippen LogP contribution in [-0.2, 0) is 49.7 Å². The molecule has 0 heterocycles. The van der Waals surface area contributed by atoms with Crippen molar-refractivity contribution < 1.29 is 59.4 Å². The van der Waals surface area contributed by atoms with Gasteiger partial charge in [0.25, 0.3) is 33.2 Å². The Kier molecular flexibility index (Phi) is 87.6. The van der Waals surface area contributed by atoms with Crippen LogP contribution in [0.1, 0.15) is 386 Å². The van der Waals surface area contributed by atoms with Crippen molar-refractivity contribution in [2.75, 3.05) is 127 Å². The van der Waals surface area contributed by atoms with E-state index in [4.69, 9.17) is 36.3 Å². The highest BCUT2D eigenvalue weighted by Crippen LogP contribution is 2.28. The fourth-order valence-corrected chi connectivity index (χ4v) is 13.3. The number of nitro groups is 2. The lowest BCUT2D eigenvalue weighted by Gasteiger charge is -2.21. The number of Topliss-reactive ketones (excluding diaryl/α,β-unsaturated/α-hetero) is 3. The third-order valence-corrected chi connectivity index (χ3v) is 20.9. The highest BCUT2D eigenvalue weighted by molar-refractivity contribution is 7.88. The van der Waals surface area contributed by atoms with Gasteiger partial charge in [0.15, 0.2) is 28.6 Å². The van der Waals surface area contributed by atoms with Crippen LogP contribution in [-0.4, -0.2) is 219 Å². The summed E-state index contributed by atoms with van der Waals surface area (Å²) in [6.07, 6.45) is 31.1. The van der Waals surface area contributed by atoms with Crippen LogP contribution in [0.5, 0.6) is 0 Å². The average molecular weight is 2090 g/mol. The maximum absolute atomic E-state index is 11.4. The number of hydrogen-bond acceptors (Lipinski definition) is 24. The van der Waals surface area contributed by atoms with E-state index in [1.165, 1.54) is 6.42 Å². The van der Waals surface area contributed by atoms with Crippen LogP contribution in [0.15, 0.2) is 45.5 Å². The van der Waals surface area contributed by atoms with Crippen molar-refractivity contribution in [3.8, 4) is 6.19 Å². The van der Waals surface area contributed by atoms with Crippen molar-refractivity contribution in [1.29, 1.82) is 5.26 Å². The predicted molar refractivity (Wildman–Crippen MR) is 595 cm³/mol. The van der Waals surface area contributed by atoms with E-state index in [2.05, 4.69) is 242 Å². The number of aliphatic hydroxyl groups is 1. The number of carbonyl (C=O) groups is 3. The van der Waals surface area contributed by atoms with E-state index in [1.807, 2.05) is 27.2 Å². The molecule has 39 nitrogen and oxygen atoms in total. The molecule has 42 heteroatoms. The molecule has 15 N–H and O–H groups in total. The van der Waals surface area contributed by atoms with E-state index in [1.54, 1.807) is 83.1 Å². The number of carbonyl (C=O) groups excluding carboxylic acids is 3. The molecule has 0 spiro atoms. The summed E-state index contributed by atoms with van der Waals surface area (Å²) < 4.78 is 78.1. The molecular weight excluding hydrogens is 1880 g/mol. The highest BCUT2D eigenvalue weighted by Gasteiger charge is 2.23. The maximum atomic E-state index is 11.4. The summed E-state index contributed by atoms with van der Waals surface area (Å²) in [5, 5.41) is 68.5. The monoisotopic (exact) mass is 2090 g/mol. The van der Waals surface area contributed by atoms with Gasteiger partial charge in [0.1, 0.15) is 53.0 Å². The molecular formula is C100H208N22O17S3. The Bertz CT molecular complexity index is 4170. The van der Waals surface area contributed by atoms with Crippen molar-refractivity contribution in [3.63, 3.8) is 0 Å². The Morgan fingerprint density at radius 2 is 0.894 bits per heavy atom. The van der Waals surface area contributed by atoms with E-state index in [-0.39, 0.29) is 41.5 Å². The number of anilines is 2. The summed E-state index contributed by atoms with van der Waals surface area (Å²) in [5.41, 5.74) is 7.88. The first-order chi connectivity index (χ1) is 64.4. The van der Waals surface area contributed by atoms with E-state index in [0.29, 0.717) is 141 Å². The van der Waals surface area contributed by atoms with Crippen LogP contribution in [0, 0.1) is 87.3 Å². The molecule has 0 amide bonds. The number of hydrazone groups is 1. The summed E-state index contributed by atoms with van der Waals surface area (Å²) in [5.74, 6) is 5.03. The smallest absolute Gasteiger partial charge is 0.318 e. The highest BCUT2D eigenvalue weighted by atomic mass is 32.2. The number of unbranched alkanes of at least 4 members (excludes halogenated alkanes) is 3. The zero-order valence-electron chi connectivity index (χ0n) is 96.1. The predicted octanol–water partition coefficient (Wildman–Crippen LogP) is 17.1. The van der Waals surface area contributed by atoms with Gasteiger partial charge < -0.3 is 56.4 Å². The molecule has 0 saturated carbocycles. The Morgan fingerprint density at radius 1 is 0.514 bits per heavy atom. The number of nitriles is 1. The zero-order chi connectivity index (χ0) is 113. The van der Waals surface area contributed by atoms with Gasteiger partial charge in [0, 0.05) is 149 Å². The number of methoxy groups -OCH3 is 1. The number of nitrogens with one attached hydrogen (secondary N) is 6. The summed E-state index contributed by atoms with van der Waals surface area (Å²) in [4.78, 5) is 90.1. The van der Waals surface area contributed by atoms with Gasteiger partial charge in [0.2, 0.25) is 5.96 Å². The topological polar surface area (TPSA) is 578 Å². The van der Waals surface area contributed by atoms with Crippen LogP contribution in [0.3, 0.4) is 0 Å². The Hall–Kier alpha value is -8.08. The normalized spacial score (nSPS) is 12.4. The molecule has 0 aromatic heterocycles. The average Bonchev–Trinajstić information content (AvgIpc) is 0.773. The van der Waals surface area contributed by atoms with Gasteiger partial charge >= 0.3 is 20.4 Å². The van der Waals surface area contributed by atoms with Crippen molar-refractivity contribution in [3.05, 3.63) is 52.7 Å². The fraction of sp³-hybridized carbons (Fsp3) is 0.850. The van der Waals surface area contributed by atoms with Crippen molar-refractivity contribution in [2.45, 2.75) is 386 Å². The maximum Gasteiger partial charge on any atom is 0.318 e. The molecule has 0 saturated heterocycles. The second-order valence-electron chi connectivity index (χ2n) is 45.7. The Balaban J connectivity index is -0.000000198. The Morgan fingerprint density at radius 3 is 1.23 bits per heavy atom. The van der Waals surface area contributed by atoms with E-state index in [9.17, 15) is 69.5 Å². The second kappa shape index (κ2) is 82.0. The summed E-state index contributed by atoms with van der Waals surface area (Å²) >= 11 is 0. The SMILES string of the molecule is CC(C)(C)CCCC(=O)CO.CC(C)(C)CCCCC(N)=NS(N)(=O)=O.CC(C)CCCN/C(=N/[N+](=O)[O-])N(C)C.CC(C)CCCN=C(NC#N)N(C)C.CCC(=O)CCCC(C)(C)C.CN(C)C(CCCCC(C)(C)C)=NS(N)(=O)=O.CN(C)c1c(NCCCC(C)(C)C)c(=O)c1=O.CN/C(=C\[N+](=O)[O-])NCCCC(C)C.CN=C(CCCCC(C)(C)C)NS(N)(=O)=O.COCC(=O)CCCC(C)(C)C. The molecule has 1 rings (SSSR count). The van der Waals surface area contributed by atoms with Gasteiger partial charge in [0.05, 0.1) is 4.92 Å². The zero-order valence-corrected chi connectivity index (χ0v) is 98.6. The number of nitrogens with zero attached hydrogens (tertiary/aromatic N) is 12. The number of amidine groups is 3. The van der Waals surface area contributed by atoms with Gasteiger partial charge in [-0.15, -0.1) is 8.80 Å². The third kappa shape index (κ3) is 124. The molecule has 0 aliphatic rings. The first-order valence-corrected chi connectivity index (χ1v) is 54.6. The number of nitrogens with two attached hydrogens (primary N) is 4. The minimum absolute atomic E-state index is 0.0470. The molecule has 0 unspecified atom stereocenters. The number of hydrogen-bond donors (Lipinski definition) is 11. The van der Waals surface area contributed by atoms with Gasteiger partial charge in [-0.2, -0.15) is 30.5 Å². The third-order valence-electron chi connectivity index (χ3n) is 19.5. The number of rotatable bonds is 49. The summed E-state index contributed by atoms with van der Waals surface area (Å²) in [7, 11) is 7.74. The van der Waals surface area contributed by atoms with Crippen molar-refractivity contribution in [2.24, 2.45) is 101 Å². The standard InChI is InChI=1S/C13H22N2O2.C11H25N3O2S.C10H20N4.C10H23N3O2S.C10H20O2.C10H20O.C9H20N4O2.C9H21N3O2S.C9H19N3O2.C9H18O2/c1-13(2,3)7-6-8-14-9-10(15(4)5)12(17)11(9)16;1-11(2,3)9-7-6-8-10(14(4)5)13-17(12,15)16;1-9(2)6-5-7-12-10(13-8-11)14(3)4;1-10(2,3)8-6-5-7-9(12-4)13-16(11,14)15;1-10(2,3)7-5-6-9(11)8-12-4;1-5-9(11)7-6-8-10(2,3)4;1-8(2)6-5-7-10-9(12(3)4)11-13(14)15;1-9(2,3)7-5-4-6-8(10)12-15(11,13)14;1-8(2)5-4-6-11-9(10-3)7-12(13)14;1-9(2,3)6-4-5-8(11)7-10/h14H,6-8H2,1-5H3;6-9H2,1-5H3,(H2,12,15,16);9H,5-7H2,1-4H3,(H,12,13);5-8H2,1-4H3,(H,12,13)(H2,11,14,15);5-8H2,1-4H3;5-8H2,1-4H3;8H,5-7H2,1-4H3,(H,10,11);4-7H2,1-3H3,(H2,10,12)(H2,11,13,14);7-8,10-11H,4-6H2,1-3H3;10H,4-7H2,1-3H3/b;;;;;;;;9-7+;. The first kappa shape index (κ1) is 152. The molecule has 0 aliphatic heterocycles. The summed E-state index contributed by atoms with van der Waals surface area (Å²) in [6.45, 7) is 63.7. The number of ketones is 3. The minimum atomic E-state index is -3.83. The molecule has 1 aromatic rings. The minimum Gasteiger partial charge on any atom is -0.389 e. The van der Waals surface area contributed by atoms with Crippen LogP contribution >= 0.6 is 0 Å². The van der Waals surface area contributed by atoms with Crippen molar-refractivity contribution >= 4 is 88.8 Å². The molecule has 0 fully saturated rings. The fourth-order valence-electron chi connectivity index (χ4n) is 11.8. The van der Waals surface area contributed by atoms with E-state index >= 15 is 0 Å². The second-order valence-corrected chi connectivity index (χ2v) is 49.5. The molecule has 142 heavy (non-hydrogen) atoms. The molecule has 0 aliphatic carbocycles. The van der Waals surface area contributed by atoms with E-state index < -0.39 is 40.6 Å². The quantitative estimate of drug-likeness (QED) is 0.00422. The van der Waals surface area contributed by atoms with Crippen LogP contribution < -0.4 is 68.2 Å². The molecule has 1 aromatic carbocycles. The summed E-state index contributed by atoms with van der Waals surface area (Å²) in [6, 6.07) is 0. The van der Waals surface area contributed by atoms with Gasteiger partial charge in [-0.25, -0.2) is 25.5 Å². The lowest BCUT2D eigenvalue weighted by atomic mass is 9.89. The van der Waals surface area contributed by atoms with Crippen LogP contribution in [0.2, 0.25) is 0 Å². The van der Waals surface area contributed by atoms with Crippen LogP contribution in [0.25, 0.3) is 0 Å². The largest absolute Gasteiger partial charge is 0.389 e. The molecule has 838 valence electrons. The first-order valence-electron chi connectivity index (χ1n) is 50.0. The van der Waals surface area contributed by atoms with Gasteiger partial charge in [-0.1, -0.05) is 213 Å². The van der Waals surface area contributed by atoms with Gasteiger partial charge in [-0.3, -0.25) is 54.1 Å². The number of aliphatic hydroxyl groups excluding tert-OH is 1.